The number of rotatable bonds is 5. The number of aliphatic hydroxyl groups is 1. The molecule has 0 radical (unpaired) electrons. The first kappa shape index (κ1) is 19.0. The molecule has 8 heteroatoms. The average molecular weight is 386 g/mol. The number of aromatic nitrogens is 2. The zero-order valence-electron chi connectivity index (χ0n) is 15.9. The van der Waals surface area contributed by atoms with Gasteiger partial charge in [-0.05, 0) is 18.1 Å². The number of amides is 1. The van der Waals surface area contributed by atoms with Crippen LogP contribution in [0.4, 0.5) is 0 Å². The van der Waals surface area contributed by atoms with E-state index >= 15 is 0 Å². The molecular formula is C20H26N4O4. The van der Waals surface area contributed by atoms with E-state index in [2.05, 4.69) is 9.88 Å². The molecule has 150 valence electrons. The summed E-state index contributed by atoms with van der Waals surface area (Å²) in [5.74, 6) is 0.193. The molecule has 3 heterocycles. The first-order valence-electron chi connectivity index (χ1n) is 9.78. The van der Waals surface area contributed by atoms with Crippen molar-refractivity contribution in [3.8, 4) is 0 Å². The maximum absolute atomic E-state index is 12.8. The lowest BCUT2D eigenvalue weighted by atomic mass is 9.96. The van der Waals surface area contributed by atoms with Crippen LogP contribution in [-0.2, 0) is 16.1 Å². The van der Waals surface area contributed by atoms with E-state index in [4.69, 9.17) is 4.74 Å². The van der Waals surface area contributed by atoms with Crippen molar-refractivity contribution < 1.29 is 14.6 Å². The van der Waals surface area contributed by atoms with Gasteiger partial charge in [0.25, 0.3) is 5.56 Å². The number of para-hydroxylation sites is 1. The largest absolute Gasteiger partial charge is 0.396 e. The summed E-state index contributed by atoms with van der Waals surface area (Å²) in [7, 11) is 0. The van der Waals surface area contributed by atoms with Gasteiger partial charge in [0.05, 0.1) is 30.4 Å². The second-order valence-electron chi connectivity index (χ2n) is 7.61. The Hall–Kier alpha value is -2.29. The summed E-state index contributed by atoms with van der Waals surface area (Å²) in [6, 6.07) is 7.13. The predicted octanol–water partition coefficient (Wildman–Crippen LogP) is -0.204. The third-order valence-corrected chi connectivity index (χ3v) is 5.80. The molecule has 2 aliphatic heterocycles. The maximum Gasteiger partial charge on any atom is 0.261 e. The first-order chi connectivity index (χ1) is 13.7. The van der Waals surface area contributed by atoms with Gasteiger partial charge in [0.15, 0.2) is 0 Å². The Morgan fingerprint density at radius 1 is 1.18 bits per heavy atom. The molecule has 8 nitrogen and oxygen atoms in total. The number of morpholine rings is 1. The molecule has 2 saturated heterocycles. The van der Waals surface area contributed by atoms with E-state index in [1.165, 1.54) is 10.9 Å². The minimum absolute atomic E-state index is 0.0287. The highest BCUT2D eigenvalue weighted by atomic mass is 16.5. The van der Waals surface area contributed by atoms with Gasteiger partial charge in [-0.3, -0.25) is 19.1 Å². The Morgan fingerprint density at radius 2 is 1.93 bits per heavy atom. The van der Waals surface area contributed by atoms with Crippen molar-refractivity contribution in [1.29, 1.82) is 0 Å². The fourth-order valence-electron chi connectivity index (χ4n) is 4.14. The van der Waals surface area contributed by atoms with Gasteiger partial charge in [-0.25, -0.2) is 4.98 Å². The zero-order valence-corrected chi connectivity index (χ0v) is 15.9. The van der Waals surface area contributed by atoms with Crippen molar-refractivity contribution in [2.24, 2.45) is 11.8 Å². The Balaban J connectivity index is 1.43. The predicted molar refractivity (Wildman–Crippen MR) is 104 cm³/mol. The summed E-state index contributed by atoms with van der Waals surface area (Å²) >= 11 is 0. The number of ether oxygens (including phenoxy) is 1. The Morgan fingerprint density at radius 3 is 2.71 bits per heavy atom. The number of carbonyl (C=O) groups is 1. The topological polar surface area (TPSA) is 87.9 Å². The lowest BCUT2D eigenvalue weighted by Crippen LogP contribution is -2.41. The van der Waals surface area contributed by atoms with Crippen LogP contribution in [0.2, 0.25) is 0 Å². The second-order valence-corrected chi connectivity index (χ2v) is 7.61. The summed E-state index contributed by atoms with van der Waals surface area (Å²) < 4.78 is 6.76. The van der Waals surface area contributed by atoms with Gasteiger partial charge in [0.1, 0.15) is 6.54 Å². The summed E-state index contributed by atoms with van der Waals surface area (Å²) in [4.78, 5) is 33.8. The maximum atomic E-state index is 12.8. The average Bonchev–Trinajstić information content (AvgIpc) is 3.14. The highest BCUT2D eigenvalue weighted by Crippen LogP contribution is 2.24. The van der Waals surface area contributed by atoms with Crippen molar-refractivity contribution in [2.75, 3.05) is 52.5 Å². The molecule has 0 saturated carbocycles. The molecule has 1 aromatic carbocycles. The molecule has 0 spiro atoms. The Kier molecular flexibility index (Phi) is 5.70. The quantitative estimate of drug-likeness (QED) is 0.766. The number of benzene rings is 1. The van der Waals surface area contributed by atoms with Crippen LogP contribution < -0.4 is 5.56 Å². The van der Waals surface area contributed by atoms with E-state index in [-0.39, 0.29) is 36.5 Å². The number of aliphatic hydroxyl groups excluding tert-OH is 1. The van der Waals surface area contributed by atoms with Crippen LogP contribution in [0.25, 0.3) is 10.9 Å². The van der Waals surface area contributed by atoms with Gasteiger partial charge in [0, 0.05) is 45.2 Å². The summed E-state index contributed by atoms with van der Waals surface area (Å²) in [5.41, 5.74) is 0.421. The molecule has 28 heavy (non-hydrogen) atoms. The number of hydrogen-bond acceptors (Lipinski definition) is 6. The first-order valence-corrected chi connectivity index (χ1v) is 9.78. The van der Waals surface area contributed by atoms with Gasteiger partial charge in [-0.15, -0.1) is 0 Å². The molecule has 1 aromatic heterocycles. The van der Waals surface area contributed by atoms with Gasteiger partial charge in [-0.1, -0.05) is 12.1 Å². The smallest absolute Gasteiger partial charge is 0.261 e. The second kappa shape index (κ2) is 8.38. The van der Waals surface area contributed by atoms with E-state index < -0.39 is 0 Å². The molecule has 4 rings (SSSR count). The molecule has 2 aliphatic rings. The molecule has 0 bridgehead atoms. The van der Waals surface area contributed by atoms with Crippen molar-refractivity contribution in [3.63, 3.8) is 0 Å². The van der Waals surface area contributed by atoms with E-state index in [1.807, 2.05) is 6.07 Å². The third kappa shape index (κ3) is 3.94. The van der Waals surface area contributed by atoms with Crippen LogP contribution in [0.5, 0.6) is 0 Å². The molecule has 1 amide bonds. The number of likely N-dealkylation sites (tertiary alicyclic amines) is 1. The van der Waals surface area contributed by atoms with Crippen LogP contribution in [0.15, 0.2) is 35.4 Å². The van der Waals surface area contributed by atoms with Crippen LogP contribution >= 0.6 is 0 Å². The Labute approximate surface area is 163 Å². The SMILES string of the molecule is O=C(Cn1cnc2ccccc2c1=O)N1C[C@@H](CO)[C@@H](CN2CCOCC2)C1. The monoisotopic (exact) mass is 386 g/mol. The molecule has 2 aromatic rings. The zero-order chi connectivity index (χ0) is 19.5. The third-order valence-electron chi connectivity index (χ3n) is 5.80. The minimum Gasteiger partial charge on any atom is -0.396 e. The Bertz CT molecular complexity index is 893. The van der Waals surface area contributed by atoms with Crippen molar-refractivity contribution in [2.45, 2.75) is 6.54 Å². The van der Waals surface area contributed by atoms with Gasteiger partial charge in [0.2, 0.25) is 5.91 Å². The van der Waals surface area contributed by atoms with Crippen molar-refractivity contribution in [3.05, 3.63) is 40.9 Å². The number of hydrogen-bond donors (Lipinski definition) is 1. The molecule has 0 aliphatic carbocycles. The standard InChI is InChI=1S/C20H26N4O4/c25-13-16-11-23(10-15(16)9-22-5-7-28-8-6-22)19(26)12-24-14-21-18-4-2-1-3-17(18)20(24)27/h1-4,14-16,25H,5-13H2/t15-,16-/m0/s1. The summed E-state index contributed by atoms with van der Waals surface area (Å²) in [5, 5.41) is 10.3. The summed E-state index contributed by atoms with van der Waals surface area (Å²) in [6.45, 7) is 5.28. The van der Waals surface area contributed by atoms with Crippen molar-refractivity contribution >= 4 is 16.8 Å². The fraction of sp³-hybridized carbons (Fsp3) is 0.550. The van der Waals surface area contributed by atoms with Crippen molar-refractivity contribution in [1.82, 2.24) is 19.4 Å². The molecule has 1 N–H and O–H groups in total. The van der Waals surface area contributed by atoms with E-state index in [1.54, 1.807) is 23.1 Å². The van der Waals surface area contributed by atoms with E-state index in [0.29, 0.717) is 24.0 Å². The lowest BCUT2D eigenvalue weighted by Gasteiger charge is -2.30. The number of nitrogens with zero attached hydrogens (tertiary/aromatic N) is 4. The fourth-order valence-corrected chi connectivity index (χ4v) is 4.14. The number of carbonyl (C=O) groups excluding carboxylic acids is 1. The van der Waals surface area contributed by atoms with Crippen LogP contribution in [0.3, 0.4) is 0 Å². The lowest BCUT2D eigenvalue weighted by molar-refractivity contribution is -0.131. The van der Waals surface area contributed by atoms with Crippen LogP contribution in [-0.4, -0.2) is 82.9 Å². The van der Waals surface area contributed by atoms with Gasteiger partial charge < -0.3 is 14.7 Å². The normalized spacial score (nSPS) is 23.4. The van der Waals surface area contributed by atoms with E-state index in [0.717, 1.165) is 32.8 Å². The van der Waals surface area contributed by atoms with Crippen LogP contribution in [0, 0.1) is 11.8 Å². The highest BCUT2D eigenvalue weighted by Gasteiger charge is 2.36. The molecule has 0 unspecified atom stereocenters. The molecule has 2 atom stereocenters. The van der Waals surface area contributed by atoms with Gasteiger partial charge >= 0.3 is 0 Å². The van der Waals surface area contributed by atoms with Crippen LogP contribution in [0.1, 0.15) is 0 Å². The molecule has 2 fully saturated rings. The van der Waals surface area contributed by atoms with E-state index in [9.17, 15) is 14.7 Å². The molecular weight excluding hydrogens is 360 g/mol. The summed E-state index contributed by atoms with van der Waals surface area (Å²) in [6.07, 6.45) is 1.44. The van der Waals surface area contributed by atoms with Gasteiger partial charge in [-0.2, -0.15) is 0 Å². The minimum atomic E-state index is -0.207. The number of fused-ring (bicyclic) bond motifs is 1. The highest BCUT2D eigenvalue weighted by molar-refractivity contribution is 5.79.